The SMILES string of the molecule is CCC(C)N(C)CCNc1cc(N)nc(C(C)C)n1. The first kappa shape index (κ1) is 15.7. The van der Waals surface area contributed by atoms with E-state index in [-0.39, 0.29) is 5.92 Å². The molecule has 1 aromatic rings. The van der Waals surface area contributed by atoms with Gasteiger partial charge >= 0.3 is 0 Å². The predicted octanol–water partition coefficient (Wildman–Crippen LogP) is 2.32. The molecule has 0 saturated heterocycles. The number of nitrogens with two attached hydrogens (primary N) is 1. The van der Waals surface area contributed by atoms with Gasteiger partial charge in [-0.1, -0.05) is 20.8 Å². The highest BCUT2D eigenvalue weighted by molar-refractivity contribution is 5.44. The summed E-state index contributed by atoms with van der Waals surface area (Å²) in [5.41, 5.74) is 5.80. The van der Waals surface area contributed by atoms with E-state index in [4.69, 9.17) is 5.73 Å². The largest absolute Gasteiger partial charge is 0.384 e. The lowest BCUT2D eigenvalue weighted by atomic mass is 10.2. The minimum absolute atomic E-state index is 0.284. The number of aromatic nitrogens is 2. The van der Waals surface area contributed by atoms with E-state index in [1.54, 1.807) is 6.07 Å². The van der Waals surface area contributed by atoms with E-state index in [1.165, 1.54) is 0 Å². The topological polar surface area (TPSA) is 67.1 Å². The van der Waals surface area contributed by atoms with Crippen LogP contribution in [0.2, 0.25) is 0 Å². The molecule has 3 N–H and O–H groups in total. The van der Waals surface area contributed by atoms with Crippen molar-refractivity contribution in [3.63, 3.8) is 0 Å². The van der Waals surface area contributed by atoms with E-state index in [1.807, 2.05) is 0 Å². The summed E-state index contributed by atoms with van der Waals surface area (Å²) < 4.78 is 0. The van der Waals surface area contributed by atoms with Crippen molar-refractivity contribution in [3.8, 4) is 0 Å². The summed E-state index contributed by atoms with van der Waals surface area (Å²) in [6.07, 6.45) is 1.16. The first-order chi connectivity index (χ1) is 8.93. The van der Waals surface area contributed by atoms with Crippen LogP contribution in [-0.2, 0) is 0 Å². The Labute approximate surface area is 116 Å². The summed E-state index contributed by atoms with van der Waals surface area (Å²) >= 11 is 0. The van der Waals surface area contributed by atoms with Crippen LogP contribution in [0.3, 0.4) is 0 Å². The lowest BCUT2D eigenvalue weighted by Gasteiger charge is -2.23. The van der Waals surface area contributed by atoms with E-state index in [0.717, 1.165) is 31.2 Å². The fraction of sp³-hybridized carbons (Fsp3) is 0.714. The Hall–Kier alpha value is -1.36. The maximum atomic E-state index is 5.80. The van der Waals surface area contributed by atoms with Crippen molar-refractivity contribution in [2.75, 3.05) is 31.2 Å². The average molecular weight is 265 g/mol. The zero-order valence-electron chi connectivity index (χ0n) is 12.8. The van der Waals surface area contributed by atoms with E-state index >= 15 is 0 Å². The molecule has 5 nitrogen and oxygen atoms in total. The molecular formula is C14H27N5. The van der Waals surface area contributed by atoms with Gasteiger partial charge in [-0.15, -0.1) is 0 Å². The molecule has 0 spiro atoms. The summed E-state index contributed by atoms with van der Waals surface area (Å²) in [5, 5.41) is 3.32. The molecule has 1 unspecified atom stereocenters. The summed E-state index contributed by atoms with van der Waals surface area (Å²) in [5.74, 6) is 2.41. The van der Waals surface area contributed by atoms with Crippen LogP contribution in [0.1, 0.15) is 45.9 Å². The molecule has 0 saturated carbocycles. The van der Waals surface area contributed by atoms with Gasteiger partial charge in [0.2, 0.25) is 0 Å². The third-order valence-electron chi connectivity index (χ3n) is 3.39. The number of hydrogen-bond donors (Lipinski definition) is 2. The fourth-order valence-corrected chi connectivity index (χ4v) is 1.73. The molecule has 0 fully saturated rings. The van der Waals surface area contributed by atoms with Crippen LogP contribution >= 0.6 is 0 Å². The Balaban J connectivity index is 2.54. The molecule has 0 bridgehead atoms. The van der Waals surface area contributed by atoms with Crippen molar-refractivity contribution >= 4 is 11.6 Å². The Morgan fingerprint density at radius 3 is 2.58 bits per heavy atom. The van der Waals surface area contributed by atoms with Gasteiger partial charge < -0.3 is 16.0 Å². The molecule has 1 atom stereocenters. The van der Waals surface area contributed by atoms with E-state index in [0.29, 0.717) is 11.9 Å². The Morgan fingerprint density at radius 2 is 2.00 bits per heavy atom. The number of rotatable bonds is 7. The van der Waals surface area contributed by atoms with Crippen LogP contribution in [0.25, 0.3) is 0 Å². The normalized spacial score (nSPS) is 13.0. The van der Waals surface area contributed by atoms with E-state index in [9.17, 15) is 0 Å². The van der Waals surface area contributed by atoms with Gasteiger partial charge in [-0.2, -0.15) is 0 Å². The van der Waals surface area contributed by atoms with Crippen molar-refractivity contribution in [2.45, 2.75) is 46.1 Å². The highest BCUT2D eigenvalue weighted by atomic mass is 15.1. The third-order valence-corrected chi connectivity index (χ3v) is 3.39. The molecule has 0 aromatic carbocycles. The Bertz CT molecular complexity index is 391. The lowest BCUT2D eigenvalue weighted by molar-refractivity contribution is 0.261. The Kier molecular flexibility index (Phi) is 6.02. The second-order valence-electron chi connectivity index (χ2n) is 5.36. The van der Waals surface area contributed by atoms with Gasteiger partial charge in [-0.3, -0.25) is 0 Å². The lowest BCUT2D eigenvalue weighted by Crippen LogP contribution is -2.32. The molecule has 1 heterocycles. The summed E-state index contributed by atoms with van der Waals surface area (Å²) in [7, 11) is 2.14. The van der Waals surface area contributed by atoms with Crippen LogP contribution in [-0.4, -0.2) is 41.0 Å². The number of hydrogen-bond acceptors (Lipinski definition) is 5. The molecule has 1 aromatic heterocycles. The molecular weight excluding hydrogens is 238 g/mol. The van der Waals surface area contributed by atoms with Crippen molar-refractivity contribution in [3.05, 3.63) is 11.9 Å². The van der Waals surface area contributed by atoms with Crippen LogP contribution in [0.15, 0.2) is 6.07 Å². The van der Waals surface area contributed by atoms with Gasteiger partial charge in [0, 0.05) is 31.1 Å². The maximum absolute atomic E-state index is 5.80. The molecule has 108 valence electrons. The monoisotopic (exact) mass is 265 g/mol. The summed E-state index contributed by atoms with van der Waals surface area (Å²) in [6, 6.07) is 2.39. The highest BCUT2D eigenvalue weighted by Crippen LogP contribution is 2.14. The predicted molar refractivity (Wildman–Crippen MR) is 81.4 cm³/mol. The summed E-state index contributed by atoms with van der Waals surface area (Å²) in [4.78, 5) is 11.0. The number of likely N-dealkylation sites (N-methyl/N-ethyl adjacent to an activating group) is 1. The first-order valence-electron chi connectivity index (χ1n) is 7.02. The smallest absolute Gasteiger partial charge is 0.135 e. The van der Waals surface area contributed by atoms with Crippen LogP contribution in [0, 0.1) is 0 Å². The minimum Gasteiger partial charge on any atom is -0.384 e. The van der Waals surface area contributed by atoms with Crippen molar-refractivity contribution < 1.29 is 0 Å². The van der Waals surface area contributed by atoms with Gasteiger partial charge in [0.15, 0.2) is 0 Å². The first-order valence-corrected chi connectivity index (χ1v) is 7.02. The second-order valence-corrected chi connectivity index (χ2v) is 5.36. The zero-order chi connectivity index (χ0) is 14.4. The third kappa shape index (κ3) is 5.03. The highest BCUT2D eigenvalue weighted by Gasteiger charge is 2.08. The molecule has 0 aliphatic rings. The number of nitrogen functional groups attached to an aromatic ring is 1. The number of anilines is 2. The van der Waals surface area contributed by atoms with E-state index in [2.05, 4.69) is 54.9 Å². The molecule has 0 amide bonds. The minimum atomic E-state index is 0.284. The zero-order valence-corrected chi connectivity index (χ0v) is 12.8. The second kappa shape index (κ2) is 7.28. The quantitative estimate of drug-likeness (QED) is 0.792. The van der Waals surface area contributed by atoms with Gasteiger partial charge in [0.1, 0.15) is 17.5 Å². The van der Waals surface area contributed by atoms with Crippen molar-refractivity contribution in [2.24, 2.45) is 0 Å². The van der Waals surface area contributed by atoms with Crippen LogP contribution in [0.4, 0.5) is 11.6 Å². The van der Waals surface area contributed by atoms with Crippen LogP contribution in [0.5, 0.6) is 0 Å². The molecule has 5 heteroatoms. The molecule has 0 aliphatic heterocycles. The van der Waals surface area contributed by atoms with Gasteiger partial charge in [0.05, 0.1) is 0 Å². The van der Waals surface area contributed by atoms with Crippen LogP contribution < -0.4 is 11.1 Å². The van der Waals surface area contributed by atoms with Gasteiger partial charge in [0.25, 0.3) is 0 Å². The standard InChI is InChI=1S/C14H27N5/c1-6-11(4)19(5)8-7-16-13-9-12(15)17-14(18-13)10(2)3/h9-11H,6-8H2,1-5H3,(H3,15,16,17,18). The number of nitrogens with one attached hydrogen (secondary N) is 1. The van der Waals surface area contributed by atoms with E-state index < -0.39 is 0 Å². The molecule has 0 radical (unpaired) electrons. The number of nitrogens with zero attached hydrogens (tertiary/aromatic N) is 3. The van der Waals surface area contributed by atoms with Crippen molar-refractivity contribution in [1.29, 1.82) is 0 Å². The van der Waals surface area contributed by atoms with Gasteiger partial charge in [-0.05, 0) is 20.4 Å². The molecule has 0 aliphatic carbocycles. The van der Waals surface area contributed by atoms with Crippen molar-refractivity contribution in [1.82, 2.24) is 14.9 Å². The fourth-order valence-electron chi connectivity index (χ4n) is 1.73. The average Bonchev–Trinajstić information content (AvgIpc) is 2.36. The Morgan fingerprint density at radius 1 is 1.32 bits per heavy atom. The maximum Gasteiger partial charge on any atom is 0.135 e. The molecule has 19 heavy (non-hydrogen) atoms. The van der Waals surface area contributed by atoms with Gasteiger partial charge in [-0.25, -0.2) is 9.97 Å². The summed E-state index contributed by atoms with van der Waals surface area (Å²) in [6.45, 7) is 10.4. The molecule has 1 rings (SSSR count).